The Kier molecular flexibility index (Phi) is 14.3. The maximum Gasteiger partial charge on any atom is 0.475 e. The monoisotopic (exact) mass is 813 g/mol. The van der Waals surface area contributed by atoms with Gasteiger partial charge in [0.05, 0.1) is 31.1 Å². The van der Waals surface area contributed by atoms with E-state index in [1.165, 1.54) is 31.3 Å². The number of carbonyl (C=O) groups excluding carboxylic acids is 3. The first kappa shape index (κ1) is 43.3. The van der Waals surface area contributed by atoms with Crippen LogP contribution in [0, 0.1) is 5.92 Å². The van der Waals surface area contributed by atoms with Crippen LogP contribution >= 0.6 is 0 Å². The van der Waals surface area contributed by atoms with Crippen molar-refractivity contribution in [2.45, 2.75) is 51.8 Å². The molecule has 0 aliphatic carbocycles. The number of nitrogens with one attached hydrogen (secondary N) is 4. The fourth-order valence-electron chi connectivity index (χ4n) is 6.53. The number of ether oxygens (including phenoxy) is 1. The third-order valence-corrected chi connectivity index (χ3v) is 9.51. The lowest BCUT2D eigenvalue weighted by Crippen LogP contribution is -2.55. The average Bonchev–Trinajstić information content (AvgIpc) is 3.78. The van der Waals surface area contributed by atoms with Crippen LogP contribution in [-0.4, -0.2) is 103 Å². The first-order chi connectivity index (χ1) is 27.5. The molecule has 0 bridgehead atoms. The van der Waals surface area contributed by atoms with Gasteiger partial charge in [-0.25, -0.2) is 4.98 Å². The van der Waals surface area contributed by atoms with Crippen molar-refractivity contribution in [2.75, 3.05) is 27.5 Å². The zero-order chi connectivity index (χ0) is 42.1. The molecule has 3 aromatic carbocycles. The molecule has 2 aromatic heterocycles. The second-order valence-corrected chi connectivity index (χ2v) is 16.2. The molecule has 6 rings (SSSR count). The standard InChI is InChI=1S/C21H23N3O5S.C19H25BN4O4/c1-24(2)11-12-5-6-16-13(7-12)8-17(23-16)14-9-18(28-3)20(29-30(4,26)27)15-10-22-21(25)19(14)15;1-13(2)10-17(20(27)28)24-18(25)15(11-14-6-4-3-5-7-14)23-19(26)16-12-21-8-9-22-16/h5-9,23H,10-11H2,1-4H3,(H,22,25);3-9,12-13,15,17,27-28H,10-11H2,1-2H3,(H,23,26)(H,24,25)/t;15-,17-/m.0/s1. The Morgan fingerprint density at radius 1 is 1.02 bits per heavy atom. The minimum Gasteiger partial charge on any atom is -0.493 e. The fraction of sp³-hybridized carbons (Fsp3) is 0.325. The van der Waals surface area contributed by atoms with Gasteiger partial charge >= 0.3 is 17.2 Å². The number of aromatic amines is 1. The van der Waals surface area contributed by atoms with Crippen molar-refractivity contribution in [1.29, 1.82) is 0 Å². The van der Waals surface area contributed by atoms with Crippen LogP contribution in [0.2, 0.25) is 0 Å². The summed E-state index contributed by atoms with van der Waals surface area (Å²) in [5, 5.41) is 28.2. The Balaban J connectivity index is 0.000000222. The summed E-state index contributed by atoms with van der Waals surface area (Å²) >= 11 is 0. The smallest absolute Gasteiger partial charge is 0.475 e. The zero-order valence-electron chi connectivity index (χ0n) is 33.1. The van der Waals surface area contributed by atoms with E-state index in [-0.39, 0.29) is 42.0 Å². The van der Waals surface area contributed by atoms with Gasteiger partial charge in [0.25, 0.3) is 11.8 Å². The van der Waals surface area contributed by atoms with E-state index in [1.54, 1.807) is 6.07 Å². The number of amides is 3. The molecule has 18 heteroatoms. The molecule has 3 amide bonds. The van der Waals surface area contributed by atoms with Gasteiger partial charge in [-0.3, -0.25) is 19.4 Å². The lowest BCUT2D eigenvalue weighted by atomic mass is 9.75. The molecule has 0 fully saturated rings. The van der Waals surface area contributed by atoms with Gasteiger partial charge in [0.15, 0.2) is 11.5 Å². The van der Waals surface area contributed by atoms with Crippen molar-refractivity contribution in [3.8, 4) is 22.8 Å². The highest BCUT2D eigenvalue weighted by Crippen LogP contribution is 2.43. The highest BCUT2D eigenvalue weighted by atomic mass is 32.2. The van der Waals surface area contributed by atoms with E-state index in [0.717, 1.165) is 35.0 Å². The molecule has 0 unspecified atom stereocenters. The van der Waals surface area contributed by atoms with Crippen molar-refractivity contribution < 1.29 is 41.8 Å². The molecule has 1 aliphatic heterocycles. The molecular formula is C40H48BN7O9S. The molecule has 58 heavy (non-hydrogen) atoms. The van der Waals surface area contributed by atoms with E-state index in [9.17, 15) is 32.8 Å². The second kappa shape index (κ2) is 19.1. The van der Waals surface area contributed by atoms with E-state index in [2.05, 4.69) is 47.9 Å². The van der Waals surface area contributed by atoms with Crippen LogP contribution in [-0.2, 0) is 34.4 Å². The maximum absolute atomic E-state index is 12.8. The summed E-state index contributed by atoms with van der Waals surface area (Å²) in [5.74, 6) is -1.71. The third kappa shape index (κ3) is 11.4. The Hall–Kier alpha value is -5.82. The Labute approximate surface area is 337 Å². The van der Waals surface area contributed by atoms with Gasteiger partial charge in [-0.05, 0) is 61.8 Å². The Bertz CT molecular complexity index is 2340. The van der Waals surface area contributed by atoms with Gasteiger partial charge < -0.3 is 44.8 Å². The molecule has 0 saturated heterocycles. The minimum atomic E-state index is -3.79. The molecule has 306 valence electrons. The topological polar surface area (TPSA) is 225 Å². The minimum absolute atomic E-state index is 0.0430. The van der Waals surface area contributed by atoms with Crippen LogP contribution < -0.4 is 24.9 Å². The van der Waals surface area contributed by atoms with Crippen molar-refractivity contribution >= 4 is 45.9 Å². The molecule has 3 heterocycles. The van der Waals surface area contributed by atoms with Crippen LogP contribution in [0.15, 0.2) is 79.3 Å². The molecule has 0 saturated carbocycles. The maximum atomic E-state index is 12.8. The molecule has 5 aromatic rings. The summed E-state index contributed by atoms with van der Waals surface area (Å²) in [4.78, 5) is 51.1. The van der Waals surface area contributed by atoms with Crippen molar-refractivity contribution in [2.24, 2.45) is 5.92 Å². The number of H-pyrrole nitrogens is 1. The van der Waals surface area contributed by atoms with E-state index < -0.39 is 41.0 Å². The van der Waals surface area contributed by atoms with Crippen molar-refractivity contribution in [3.05, 3.63) is 107 Å². The van der Waals surface area contributed by atoms with Crippen LogP contribution in [0.25, 0.3) is 22.2 Å². The summed E-state index contributed by atoms with van der Waals surface area (Å²) < 4.78 is 34.0. The van der Waals surface area contributed by atoms with Crippen LogP contribution in [0.3, 0.4) is 0 Å². The molecule has 16 nitrogen and oxygen atoms in total. The SMILES string of the molecule is CC(C)C[C@H](NC(=O)[C@H](Cc1ccccc1)NC(=O)c1cnccn1)B(O)O.COc1cc(-c2cc3cc(CN(C)C)ccc3[nH]2)c2c(c1OS(C)(=O)=O)CNC2=O. The largest absolute Gasteiger partial charge is 0.493 e. The van der Waals surface area contributed by atoms with Crippen LogP contribution in [0.1, 0.15) is 57.8 Å². The average molecular weight is 814 g/mol. The number of hydrogen-bond donors (Lipinski definition) is 6. The number of rotatable bonds is 15. The van der Waals surface area contributed by atoms with Crippen molar-refractivity contribution in [1.82, 2.24) is 35.8 Å². The van der Waals surface area contributed by atoms with Gasteiger partial charge in [-0.1, -0.05) is 50.2 Å². The number of benzene rings is 3. The summed E-state index contributed by atoms with van der Waals surface area (Å²) in [6.07, 6.45) is 5.74. The highest BCUT2D eigenvalue weighted by molar-refractivity contribution is 7.86. The lowest BCUT2D eigenvalue weighted by Gasteiger charge is -2.24. The van der Waals surface area contributed by atoms with Crippen LogP contribution in [0.5, 0.6) is 11.5 Å². The molecule has 0 radical (unpaired) electrons. The lowest BCUT2D eigenvalue weighted by molar-refractivity contribution is -0.123. The van der Waals surface area contributed by atoms with E-state index in [1.807, 2.05) is 70.4 Å². The Morgan fingerprint density at radius 2 is 1.76 bits per heavy atom. The fourth-order valence-corrected chi connectivity index (χ4v) is 7.02. The van der Waals surface area contributed by atoms with E-state index in [4.69, 9.17) is 8.92 Å². The second-order valence-electron chi connectivity index (χ2n) is 14.6. The van der Waals surface area contributed by atoms with E-state index >= 15 is 0 Å². The summed E-state index contributed by atoms with van der Waals surface area (Å²) in [6, 6.07) is 18.1. The summed E-state index contributed by atoms with van der Waals surface area (Å²) in [7, 11) is -0.0235. The number of hydrogen-bond acceptors (Lipinski definition) is 12. The third-order valence-electron chi connectivity index (χ3n) is 9.04. The number of carbonyl (C=O) groups is 3. The van der Waals surface area contributed by atoms with Gasteiger partial charge in [-0.2, -0.15) is 8.42 Å². The Morgan fingerprint density at radius 3 is 2.38 bits per heavy atom. The molecular weight excluding hydrogens is 765 g/mol. The zero-order valence-corrected chi connectivity index (χ0v) is 34.0. The molecule has 0 spiro atoms. The van der Waals surface area contributed by atoms with E-state index in [0.29, 0.717) is 23.1 Å². The first-order valence-corrected chi connectivity index (χ1v) is 20.3. The summed E-state index contributed by atoms with van der Waals surface area (Å²) in [6.45, 7) is 4.81. The number of nitrogens with zero attached hydrogens (tertiary/aromatic N) is 3. The summed E-state index contributed by atoms with van der Waals surface area (Å²) in [5.41, 5.74) is 5.28. The van der Waals surface area contributed by atoms with Crippen molar-refractivity contribution in [3.63, 3.8) is 0 Å². The molecule has 2 atom stereocenters. The first-order valence-electron chi connectivity index (χ1n) is 18.5. The molecule has 1 aliphatic rings. The predicted octanol–water partition coefficient (Wildman–Crippen LogP) is 2.85. The number of methoxy groups -OCH3 is 1. The van der Waals surface area contributed by atoms with Crippen LogP contribution in [0.4, 0.5) is 0 Å². The van der Waals surface area contributed by atoms with Gasteiger partial charge in [-0.15, -0.1) is 0 Å². The van der Waals surface area contributed by atoms with Gasteiger partial charge in [0.1, 0.15) is 11.7 Å². The van der Waals surface area contributed by atoms with Gasteiger partial charge in [0.2, 0.25) is 5.91 Å². The van der Waals surface area contributed by atoms with Gasteiger partial charge in [0, 0.05) is 59.6 Å². The normalized spacial score (nSPS) is 13.2. The number of fused-ring (bicyclic) bond motifs is 2. The number of aromatic nitrogens is 3. The highest BCUT2D eigenvalue weighted by Gasteiger charge is 2.33. The molecule has 6 N–H and O–H groups in total. The predicted molar refractivity (Wildman–Crippen MR) is 219 cm³/mol. The quantitative estimate of drug-likeness (QED) is 0.0663.